The number of benzene rings is 2. The predicted octanol–water partition coefficient (Wildman–Crippen LogP) is 3.37. The van der Waals surface area contributed by atoms with Gasteiger partial charge in [-0.1, -0.05) is 30.3 Å². The van der Waals surface area contributed by atoms with Gasteiger partial charge in [0, 0.05) is 13.1 Å². The molecule has 1 atom stereocenters. The summed E-state index contributed by atoms with van der Waals surface area (Å²) >= 11 is 0. The second kappa shape index (κ2) is 6.67. The molecule has 0 bridgehead atoms. The van der Waals surface area contributed by atoms with Gasteiger partial charge >= 0.3 is 0 Å². The number of aryl methyl sites for hydroxylation is 3. The lowest BCUT2D eigenvalue weighted by Crippen LogP contribution is -2.42. The number of sulfonamides is 1. The molecule has 1 fully saturated rings. The Hall–Kier alpha value is -1.69. The molecule has 4 nitrogen and oxygen atoms in total. The average Bonchev–Trinajstić information content (AvgIpc) is 2.58. The molecular weight excluding hydrogens is 322 g/mol. The summed E-state index contributed by atoms with van der Waals surface area (Å²) in [6.45, 7) is 7.08. The van der Waals surface area contributed by atoms with E-state index >= 15 is 0 Å². The summed E-state index contributed by atoms with van der Waals surface area (Å²) in [7, 11) is -3.50. The molecule has 0 amide bonds. The van der Waals surface area contributed by atoms with Crippen LogP contribution in [0.25, 0.3) is 0 Å². The maximum atomic E-state index is 13.0. The molecule has 0 radical (unpaired) electrons. The molecule has 0 saturated carbocycles. The molecule has 1 saturated heterocycles. The highest BCUT2D eigenvalue weighted by Gasteiger charge is 2.32. The summed E-state index contributed by atoms with van der Waals surface area (Å²) in [6, 6.07) is 13.3. The molecule has 1 aliphatic heterocycles. The molecule has 1 heterocycles. The molecule has 0 aliphatic carbocycles. The lowest BCUT2D eigenvalue weighted by atomic mass is 10.0. The van der Waals surface area contributed by atoms with Crippen molar-refractivity contribution in [2.24, 2.45) is 0 Å². The molecule has 0 aromatic heterocycles. The second-order valence-electron chi connectivity index (χ2n) is 6.33. The summed E-state index contributed by atoms with van der Waals surface area (Å²) in [5.74, 6) is 0. The Morgan fingerprint density at radius 1 is 1.00 bits per heavy atom. The molecular formula is C19H23NO3S. The summed E-state index contributed by atoms with van der Waals surface area (Å²) in [5, 5.41) is 0. The molecule has 5 heteroatoms. The van der Waals surface area contributed by atoms with Crippen LogP contribution in [0.15, 0.2) is 47.4 Å². The maximum Gasteiger partial charge on any atom is 0.243 e. The standard InChI is InChI=1S/C19H23NO3S/c1-14-8-9-17(12-16(14)3)24(21,22)20-10-11-23-19(13-20)18-7-5-4-6-15(18)2/h4-9,12,19H,10-11,13H2,1-3H3. The number of rotatable bonds is 3. The Morgan fingerprint density at radius 2 is 1.75 bits per heavy atom. The van der Waals surface area contributed by atoms with Crippen molar-refractivity contribution < 1.29 is 13.2 Å². The second-order valence-corrected chi connectivity index (χ2v) is 8.26. The van der Waals surface area contributed by atoms with E-state index in [0.29, 0.717) is 24.6 Å². The molecule has 0 spiro atoms. The topological polar surface area (TPSA) is 46.6 Å². The Labute approximate surface area is 144 Å². The third kappa shape index (κ3) is 3.24. The van der Waals surface area contributed by atoms with Gasteiger partial charge in [0.2, 0.25) is 10.0 Å². The largest absolute Gasteiger partial charge is 0.371 e. The van der Waals surface area contributed by atoms with Crippen LogP contribution in [-0.2, 0) is 14.8 Å². The van der Waals surface area contributed by atoms with E-state index in [1.54, 1.807) is 12.1 Å². The van der Waals surface area contributed by atoms with E-state index in [-0.39, 0.29) is 6.10 Å². The zero-order valence-corrected chi connectivity index (χ0v) is 15.1. The minimum atomic E-state index is -3.50. The highest BCUT2D eigenvalue weighted by Crippen LogP contribution is 2.28. The van der Waals surface area contributed by atoms with E-state index in [2.05, 4.69) is 0 Å². The smallest absolute Gasteiger partial charge is 0.243 e. The molecule has 128 valence electrons. The van der Waals surface area contributed by atoms with Crippen molar-refractivity contribution in [2.45, 2.75) is 31.8 Å². The predicted molar refractivity (Wildman–Crippen MR) is 94.5 cm³/mol. The fraction of sp³-hybridized carbons (Fsp3) is 0.368. The number of morpholine rings is 1. The van der Waals surface area contributed by atoms with Crippen LogP contribution in [0.5, 0.6) is 0 Å². The Kier molecular flexibility index (Phi) is 4.76. The average molecular weight is 345 g/mol. The molecule has 0 N–H and O–H groups in total. The van der Waals surface area contributed by atoms with Crippen LogP contribution < -0.4 is 0 Å². The first-order valence-electron chi connectivity index (χ1n) is 8.14. The minimum Gasteiger partial charge on any atom is -0.371 e. The number of nitrogens with zero attached hydrogens (tertiary/aromatic N) is 1. The first-order chi connectivity index (χ1) is 11.4. The van der Waals surface area contributed by atoms with Crippen molar-refractivity contribution in [1.82, 2.24) is 4.31 Å². The summed E-state index contributed by atoms with van der Waals surface area (Å²) < 4.78 is 33.3. The van der Waals surface area contributed by atoms with Gasteiger partial charge in [-0.2, -0.15) is 4.31 Å². The third-order valence-electron chi connectivity index (χ3n) is 4.68. The molecule has 2 aromatic rings. The van der Waals surface area contributed by atoms with E-state index in [9.17, 15) is 8.42 Å². The van der Waals surface area contributed by atoms with Gasteiger partial charge < -0.3 is 4.74 Å². The van der Waals surface area contributed by atoms with Crippen molar-refractivity contribution in [3.63, 3.8) is 0 Å². The Balaban J connectivity index is 1.88. The van der Waals surface area contributed by atoms with Gasteiger partial charge in [-0.3, -0.25) is 0 Å². The first kappa shape index (κ1) is 17.1. The lowest BCUT2D eigenvalue weighted by molar-refractivity contribution is -0.00288. The Bertz CT molecular complexity index is 845. The normalized spacial score (nSPS) is 19.4. The summed E-state index contributed by atoms with van der Waals surface area (Å²) in [4.78, 5) is 0.357. The fourth-order valence-corrected chi connectivity index (χ4v) is 4.51. The van der Waals surface area contributed by atoms with E-state index < -0.39 is 10.0 Å². The van der Waals surface area contributed by atoms with Crippen LogP contribution in [0.4, 0.5) is 0 Å². The minimum absolute atomic E-state index is 0.221. The van der Waals surface area contributed by atoms with E-state index in [4.69, 9.17) is 4.74 Å². The Morgan fingerprint density at radius 3 is 2.46 bits per heavy atom. The van der Waals surface area contributed by atoms with Crippen molar-refractivity contribution >= 4 is 10.0 Å². The van der Waals surface area contributed by atoms with E-state index in [0.717, 1.165) is 22.3 Å². The molecule has 3 rings (SSSR count). The number of hydrogen-bond donors (Lipinski definition) is 0. The fourth-order valence-electron chi connectivity index (χ4n) is 3.00. The van der Waals surface area contributed by atoms with Gasteiger partial charge in [0.05, 0.1) is 17.6 Å². The number of hydrogen-bond acceptors (Lipinski definition) is 3. The van der Waals surface area contributed by atoms with Crippen molar-refractivity contribution in [3.8, 4) is 0 Å². The SMILES string of the molecule is Cc1ccc(S(=O)(=O)N2CCOC(c3ccccc3C)C2)cc1C. The quantitative estimate of drug-likeness (QED) is 0.857. The van der Waals surface area contributed by atoms with E-state index in [1.807, 2.05) is 51.1 Å². The van der Waals surface area contributed by atoms with Gasteiger partial charge in [-0.25, -0.2) is 8.42 Å². The van der Waals surface area contributed by atoms with Gasteiger partial charge in [-0.15, -0.1) is 0 Å². The summed E-state index contributed by atoms with van der Waals surface area (Å²) in [6.07, 6.45) is -0.221. The van der Waals surface area contributed by atoms with Gasteiger partial charge in [0.1, 0.15) is 0 Å². The van der Waals surface area contributed by atoms with Gasteiger partial charge in [0.15, 0.2) is 0 Å². The lowest BCUT2D eigenvalue weighted by Gasteiger charge is -2.33. The number of ether oxygens (including phenoxy) is 1. The van der Waals surface area contributed by atoms with Crippen LogP contribution in [0.1, 0.15) is 28.4 Å². The van der Waals surface area contributed by atoms with Crippen LogP contribution in [0.2, 0.25) is 0 Å². The maximum absolute atomic E-state index is 13.0. The first-order valence-corrected chi connectivity index (χ1v) is 9.58. The van der Waals surface area contributed by atoms with Crippen LogP contribution >= 0.6 is 0 Å². The highest BCUT2D eigenvalue weighted by atomic mass is 32.2. The zero-order valence-electron chi connectivity index (χ0n) is 14.3. The van der Waals surface area contributed by atoms with Gasteiger partial charge in [0.25, 0.3) is 0 Å². The zero-order chi connectivity index (χ0) is 17.3. The van der Waals surface area contributed by atoms with Crippen LogP contribution in [0, 0.1) is 20.8 Å². The van der Waals surface area contributed by atoms with Gasteiger partial charge in [-0.05, 0) is 55.2 Å². The third-order valence-corrected chi connectivity index (χ3v) is 6.54. The molecule has 2 aromatic carbocycles. The molecule has 1 unspecified atom stereocenters. The molecule has 24 heavy (non-hydrogen) atoms. The monoisotopic (exact) mass is 345 g/mol. The van der Waals surface area contributed by atoms with Crippen LogP contribution in [0.3, 0.4) is 0 Å². The highest BCUT2D eigenvalue weighted by molar-refractivity contribution is 7.89. The summed E-state index contributed by atoms with van der Waals surface area (Å²) in [5.41, 5.74) is 4.25. The van der Waals surface area contributed by atoms with E-state index in [1.165, 1.54) is 4.31 Å². The van der Waals surface area contributed by atoms with Crippen molar-refractivity contribution in [3.05, 3.63) is 64.7 Å². The van der Waals surface area contributed by atoms with Crippen molar-refractivity contribution in [2.75, 3.05) is 19.7 Å². The molecule has 1 aliphatic rings. The van der Waals surface area contributed by atoms with Crippen LogP contribution in [-0.4, -0.2) is 32.4 Å². The van der Waals surface area contributed by atoms with Crippen molar-refractivity contribution in [1.29, 1.82) is 0 Å².